The van der Waals surface area contributed by atoms with E-state index in [-0.39, 0.29) is 10.7 Å². The maximum atomic E-state index is 13.3. The number of thioether (sulfide) groups is 1. The van der Waals surface area contributed by atoms with Gasteiger partial charge in [-0.25, -0.2) is 9.97 Å². The molecule has 0 saturated carbocycles. The number of benzene rings is 2. The lowest BCUT2D eigenvalue weighted by molar-refractivity contribution is -0.142. The Morgan fingerprint density at radius 1 is 0.960 bits per heavy atom. The molecule has 0 radical (unpaired) electrons. The summed E-state index contributed by atoms with van der Waals surface area (Å²) < 4.78 is 39.9. The third-order valence-electron chi connectivity index (χ3n) is 4.42. The van der Waals surface area contributed by atoms with E-state index in [9.17, 15) is 13.2 Å². The summed E-state index contributed by atoms with van der Waals surface area (Å²) in [5.74, 6) is 0.539. The van der Waals surface area contributed by atoms with Gasteiger partial charge in [0.1, 0.15) is 0 Å². The summed E-state index contributed by atoms with van der Waals surface area (Å²) in [6.07, 6.45) is -2.70. The van der Waals surface area contributed by atoms with Crippen molar-refractivity contribution in [3.63, 3.8) is 0 Å². The van der Waals surface area contributed by atoms with E-state index in [2.05, 4.69) is 9.97 Å². The molecular formula is C19H15F3N2S. The molecular weight excluding hydrogens is 345 g/mol. The minimum Gasteiger partial charge on any atom is -0.227 e. The minimum absolute atomic E-state index is 0.209. The van der Waals surface area contributed by atoms with Crippen LogP contribution in [-0.2, 0) is 24.8 Å². The van der Waals surface area contributed by atoms with Crippen LogP contribution in [0.25, 0.3) is 10.8 Å². The molecule has 0 saturated heterocycles. The van der Waals surface area contributed by atoms with E-state index in [1.165, 1.54) is 11.8 Å². The summed E-state index contributed by atoms with van der Waals surface area (Å²) in [5.41, 5.74) is 1.15. The first-order valence-corrected chi connectivity index (χ1v) is 9.07. The quantitative estimate of drug-likeness (QED) is 0.460. The molecule has 0 aliphatic heterocycles. The lowest BCUT2D eigenvalue weighted by atomic mass is 10.1. The lowest BCUT2D eigenvalue weighted by Crippen LogP contribution is -2.14. The normalized spacial score (nSPS) is 14.0. The smallest absolute Gasteiger partial charge is 0.227 e. The topological polar surface area (TPSA) is 25.8 Å². The van der Waals surface area contributed by atoms with Crippen LogP contribution in [0.4, 0.5) is 13.2 Å². The highest BCUT2D eigenvalue weighted by Gasteiger charge is 2.38. The van der Waals surface area contributed by atoms with Gasteiger partial charge in [0.05, 0.1) is 0 Å². The molecule has 0 fully saturated rings. The molecule has 0 spiro atoms. The van der Waals surface area contributed by atoms with E-state index >= 15 is 0 Å². The fraction of sp³-hybridized carbons (Fsp3) is 0.263. The molecule has 4 rings (SSSR count). The number of nitrogens with zero attached hydrogens (tertiary/aromatic N) is 2. The van der Waals surface area contributed by atoms with Gasteiger partial charge in [-0.05, 0) is 35.6 Å². The maximum absolute atomic E-state index is 13.3. The maximum Gasteiger partial charge on any atom is 0.433 e. The van der Waals surface area contributed by atoms with Crippen molar-refractivity contribution in [1.29, 1.82) is 0 Å². The molecule has 128 valence electrons. The molecule has 1 aromatic heterocycles. The molecule has 1 heterocycles. The van der Waals surface area contributed by atoms with Crippen LogP contribution < -0.4 is 0 Å². The summed E-state index contributed by atoms with van der Waals surface area (Å²) in [6.45, 7) is 0. The Labute approximate surface area is 147 Å². The Hall–Kier alpha value is -2.08. The molecule has 1 aliphatic rings. The minimum atomic E-state index is -4.42. The van der Waals surface area contributed by atoms with Crippen molar-refractivity contribution in [3.8, 4) is 0 Å². The number of halogens is 3. The fourth-order valence-corrected chi connectivity index (χ4v) is 4.14. The number of hydrogen-bond acceptors (Lipinski definition) is 3. The number of hydrogen-bond donors (Lipinski definition) is 0. The third kappa shape index (κ3) is 3.23. The highest BCUT2D eigenvalue weighted by atomic mass is 32.2. The number of aryl methyl sites for hydroxylation is 1. The van der Waals surface area contributed by atoms with Crippen LogP contribution in [0.3, 0.4) is 0 Å². The second-order valence-corrected chi connectivity index (χ2v) is 7.00. The average molecular weight is 360 g/mol. The lowest BCUT2D eigenvalue weighted by Gasteiger charge is -2.12. The standard InChI is InChI=1S/C19H15F3N2S/c20-19(21,22)17-15-9-4-10-16(15)23-18(24-17)25-11-13-7-3-6-12-5-1-2-8-14(12)13/h1-3,5-8H,4,9-11H2. The van der Waals surface area contributed by atoms with E-state index in [0.717, 1.165) is 16.3 Å². The molecule has 0 N–H and O–H groups in total. The second-order valence-electron chi connectivity index (χ2n) is 6.06. The van der Waals surface area contributed by atoms with E-state index in [1.807, 2.05) is 42.5 Å². The summed E-state index contributed by atoms with van der Waals surface area (Å²) >= 11 is 1.26. The van der Waals surface area contributed by atoms with E-state index in [0.29, 0.717) is 30.7 Å². The second kappa shape index (κ2) is 6.33. The van der Waals surface area contributed by atoms with Gasteiger partial charge in [0, 0.05) is 17.0 Å². The van der Waals surface area contributed by atoms with Crippen LogP contribution in [0.2, 0.25) is 0 Å². The molecule has 6 heteroatoms. The third-order valence-corrected chi connectivity index (χ3v) is 5.31. The van der Waals surface area contributed by atoms with Crippen molar-refractivity contribution in [3.05, 3.63) is 65.0 Å². The molecule has 0 atom stereocenters. The van der Waals surface area contributed by atoms with Crippen molar-refractivity contribution in [2.24, 2.45) is 0 Å². The first-order chi connectivity index (χ1) is 12.0. The molecule has 25 heavy (non-hydrogen) atoms. The fourth-order valence-electron chi connectivity index (χ4n) is 3.27. The predicted octanol–water partition coefficient (Wildman–Crippen LogP) is 5.43. The zero-order valence-electron chi connectivity index (χ0n) is 13.3. The summed E-state index contributed by atoms with van der Waals surface area (Å²) in [5, 5.41) is 2.43. The van der Waals surface area contributed by atoms with Crippen molar-refractivity contribution >= 4 is 22.5 Å². The number of alkyl halides is 3. The Kier molecular flexibility index (Phi) is 4.15. The largest absolute Gasteiger partial charge is 0.433 e. The van der Waals surface area contributed by atoms with Crippen LogP contribution in [0.5, 0.6) is 0 Å². The van der Waals surface area contributed by atoms with Crippen molar-refractivity contribution < 1.29 is 13.2 Å². The molecule has 1 aliphatic carbocycles. The van der Waals surface area contributed by atoms with Gasteiger partial charge in [0.15, 0.2) is 10.9 Å². The molecule has 2 aromatic carbocycles. The Morgan fingerprint density at radius 3 is 2.60 bits per heavy atom. The molecule has 3 aromatic rings. The van der Waals surface area contributed by atoms with Crippen LogP contribution in [0, 0.1) is 0 Å². The zero-order chi connectivity index (χ0) is 17.4. The van der Waals surface area contributed by atoms with Crippen molar-refractivity contribution in [1.82, 2.24) is 9.97 Å². The van der Waals surface area contributed by atoms with Crippen molar-refractivity contribution in [2.75, 3.05) is 0 Å². The van der Waals surface area contributed by atoms with Gasteiger partial charge < -0.3 is 0 Å². The SMILES string of the molecule is FC(F)(F)c1nc(SCc2cccc3ccccc23)nc2c1CCC2. The highest BCUT2D eigenvalue weighted by molar-refractivity contribution is 7.98. The average Bonchev–Trinajstić information content (AvgIpc) is 3.06. The Balaban J connectivity index is 1.65. The molecule has 2 nitrogen and oxygen atoms in total. The van der Waals surface area contributed by atoms with Gasteiger partial charge in [0.25, 0.3) is 0 Å². The van der Waals surface area contributed by atoms with E-state index in [4.69, 9.17) is 0 Å². The molecule has 0 unspecified atom stereocenters. The number of aromatic nitrogens is 2. The van der Waals surface area contributed by atoms with Crippen LogP contribution in [0.15, 0.2) is 47.6 Å². The van der Waals surface area contributed by atoms with Gasteiger partial charge >= 0.3 is 6.18 Å². The Bertz CT molecular complexity index is 932. The van der Waals surface area contributed by atoms with E-state index in [1.54, 1.807) is 0 Å². The number of rotatable bonds is 3. The van der Waals surface area contributed by atoms with Gasteiger partial charge in [-0.2, -0.15) is 13.2 Å². The van der Waals surface area contributed by atoms with Crippen LogP contribution >= 0.6 is 11.8 Å². The van der Waals surface area contributed by atoms with Crippen LogP contribution in [-0.4, -0.2) is 9.97 Å². The monoisotopic (exact) mass is 360 g/mol. The summed E-state index contributed by atoms with van der Waals surface area (Å²) in [6, 6.07) is 14.0. The van der Waals surface area contributed by atoms with Gasteiger partial charge in [-0.15, -0.1) is 0 Å². The van der Waals surface area contributed by atoms with Gasteiger partial charge in [-0.3, -0.25) is 0 Å². The first kappa shape index (κ1) is 16.4. The van der Waals surface area contributed by atoms with Gasteiger partial charge in [-0.1, -0.05) is 54.2 Å². The summed E-state index contributed by atoms with van der Waals surface area (Å²) in [4.78, 5) is 8.21. The molecule has 0 amide bonds. The summed E-state index contributed by atoms with van der Waals surface area (Å²) in [7, 11) is 0. The van der Waals surface area contributed by atoms with Crippen LogP contribution in [0.1, 0.15) is 28.9 Å². The predicted molar refractivity (Wildman–Crippen MR) is 92.6 cm³/mol. The molecule has 0 bridgehead atoms. The first-order valence-electron chi connectivity index (χ1n) is 8.09. The Morgan fingerprint density at radius 2 is 1.76 bits per heavy atom. The highest BCUT2D eigenvalue weighted by Crippen LogP contribution is 2.37. The zero-order valence-corrected chi connectivity index (χ0v) is 14.1. The number of fused-ring (bicyclic) bond motifs is 2. The van der Waals surface area contributed by atoms with Gasteiger partial charge in [0.2, 0.25) is 0 Å². The van der Waals surface area contributed by atoms with E-state index < -0.39 is 11.9 Å². The van der Waals surface area contributed by atoms with Crippen molar-refractivity contribution in [2.45, 2.75) is 36.3 Å².